The highest BCUT2D eigenvalue weighted by atomic mass is 79.9. The molecule has 1 unspecified atom stereocenters. The maximum absolute atomic E-state index is 11.5. The van der Waals surface area contributed by atoms with Crippen molar-refractivity contribution in [2.24, 2.45) is 0 Å². The fourth-order valence-electron chi connectivity index (χ4n) is 1.61. The number of hydrogen-bond acceptors (Lipinski definition) is 3. The van der Waals surface area contributed by atoms with Crippen molar-refractivity contribution in [3.63, 3.8) is 0 Å². The number of carbonyl (C=O) groups excluding carboxylic acids is 1. The summed E-state index contributed by atoms with van der Waals surface area (Å²) in [5.41, 5.74) is 0. The first-order chi connectivity index (χ1) is 7.17. The van der Waals surface area contributed by atoms with Crippen LogP contribution in [0.2, 0.25) is 0 Å². The van der Waals surface area contributed by atoms with Crippen LogP contribution in [0.15, 0.2) is 0 Å². The standard InChI is InChI=1S/C10H18BrNO3/c1-3-14-10(15-4-2)7-12-6-8(11)5-9(12)13/h8,10H,3-7H2,1-2H3. The highest BCUT2D eigenvalue weighted by molar-refractivity contribution is 9.09. The van der Waals surface area contributed by atoms with Crippen LogP contribution in [0, 0.1) is 0 Å². The van der Waals surface area contributed by atoms with Gasteiger partial charge in [-0.3, -0.25) is 4.79 Å². The first-order valence-corrected chi connectivity index (χ1v) is 6.24. The molecule has 1 heterocycles. The minimum atomic E-state index is -0.290. The Hall–Kier alpha value is -0.130. The van der Waals surface area contributed by atoms with E-state index in [-0.39, 0.29) is 17.0 Å². The molecule has 0 aliphatic carbocycles. The summed E-state index contributed by atoms with van der Waals surface area (Å²) in [7, 11) is 0. The third kappa shape index (κ3) is 4.09. The topological polar surface area (TPSA) is 38.8 Å². The largest absolute Gasteiger partial charge is 0.351 e. The van der Waals surface area contributed by atoms with Crippen molar-refractivity contribution in [2.45, 2.75) is 31.4 Å². The van der Waals surface area contributed by atoms with Gasteiger partial charge in [0, 0.05) is 31.0 Å². The van der Waals surface area contributed by atoms with Gasteiger partial charge >= 0.3 is 0 Å². The van der Waals surface area contributed by atoms with E-state index in [9.17, 15) is 4.79 Å². The predicted octanol–water partition coefficient (Wildman–Crippen LogP) is 1.38. The molecule has 0 aromatic rings. The molecule has 0 bridgehead atoms. The lowest BCUT2D eigenvalue weighted by Gasteiger charge is -2.23. The number of halogens is 1. The number of likely N-dealkylation sites (tertiary alicyclic amines) is 1. The van der Waals surface area contributed by atoms with Crippen molar-refractivity contribution in [1.29, 1.82) is 0 Å². The van der Waals surface area contributed by atoms with E-state index in [4.69, 9.17) is 9.47 Å². The van der Waals surface area contributed by atoms with Gasteiger partial charge < -0.3 is 14.4 Å². The summed E-state index contributed by atoms with van der Waals surface area (Å²) in [6, 6.07) is 0. The Kier molecular flexibility index (Phi) is 5.56. The average Bonchev–Trinajstić information content (AvgIpc) is 2.46. The summed E-state index contributed by atoms with van der Waals surface area (Å²) >= 11 is 3.44. The second kappa shape index (κ2) is 6.45. The van der Waals surface area contributed by atoms with E-state index < -0.39 is 0 Å². The highest BCUT2D eigenvalue weighted by Gasteiger charge is 2.29. The Morgan fingerprint density at radius 3 is 2.47 bits per heavy atom. The van der Waals surface area contributed by atoms with Gasteiger partial charge in [-0.05, 0) is 13.8 Å². The van der Waals surface area contributed by atoms with Crippen molar-refractivity contribution in [1.82, 2.24) is 4.90 Å². The maximum Gasteiger partial charge on any atom is 0.223 e. The Bertz CT molecular complexity index is 207. The van der Waals surface area contributed by atoms with Crippen molar-refractivity contribution in [3.05, 3.63) is 0 Å². The van der Waals surface area contributed by atoms with Gasteiger partial charge in [0.25, 0.3) is 0 Å². The van der Waals surface area contributed by atoms with E-state index in [1.165, 1.54) is 0 Å². The second-order valence-electron chi connectivity index (χ2n) is 3.44. The number of ether oxygens (including phenoxy) is 2. The summed E-state index contributed by atoms with van der Waals surface area (Å²) in [5, 5.41) is 0. The van der Waals surface area contributed by atoms with Gasteiger partial charge in [0.1, 0.15) is 0 Å². The molecule has 4 nitrogen and oxygen atoms in total. The predicted molar refractivity (Wildman–Crippen MR) is 61.0 cm³/mol. The lowest BCUT2D eigenvalue weighted by Crippen LogP contribution is -2.36. The molecule has 88 valence electrons. The fourth-order valence-corrected chi connectivity index (χ4v) is 2.23. The normalized spacial score (nSPS) is 21.7. The van der Waals surface area contributed by atoms with Crippen LogP contribution in [0.25, 0.3) is 0 Å². The fraction of sp³-hybridized carbons (Fsp3) is 0.900. The number of rotatable bonds is 6. The monoisotopic (exact) mass is 279 g/mol. The van der Waals surface area contributed by atoms with Crippen LogP contribution in [0.4, 0.5) is 0 Å². The van der Waals surface area contributed by atoms with Crippen molar-refractivity contribution >= 4 is 21.8 Å². The molecule has 0 saturated carbocycles. The third-order valence-electron chi connectivity index (χ3n) is 2.24. The minimum Gasteiger partial charge on any atom is -0.351 e. The van der Waals surface area contributed by atoms with E-state index in [1.54, 1.807) is 4.90 Å². The zero-order valence-corrected chi connectivity index (χ0v) is 10.8. The van der Waals surface area contributed by atoms with Crippen LogP contribution in [0.3, 0.4) is 0 Å². The molecule has 1 aliphatic heterocycles. The molecule has 1 aliphatic rings. The number of alkyl halides is 1. The molecule has 0 spiro atoms. The number of amides is 1. The van der Waals surface area contributed by atoms with Crippen LogP contribution >= 0.6 is 15.9 Å². The minimum absolute atomic E-state index is 0.168. The molecule has 1 rings (SSSR count). The van der Waals surface area contributed by atoms with Crippen LogP contribution in [0.5, 0.6) is 0 Å². The SMILES string of the molecule is CCOC(CN1CC(Br)CC1=O)OCC. The van der Waals surface area contributed by atoms with Gasteiger partial charge in [-0.25, -0.2) is 0 Å². The molecule has 0 aromatic carbocycles. The molecule has 1 amide bonds. The molecular weight excluding hydrogens is 262 g/mol. The number of hydrogen-bond donors (Lipinski definition) is 0. The molecule has 1 atom stereocenters. The zero-order chi connectivity index (χ0) is 11.3. The van der Waals surface area contributed by atoms with Gasteiger partial charge in [-0.15, -0.1) is 0 Å². The Balaban J connectivity index is 2.39. The van der Waals surface area contributed by atoms with Crippen molar-refractivity contribution in [3.8, 4) is 0 Å². The number of carbonyl (C=O) groups is 1. The number of nitrogens with zero attached hydrogens (tertiary/aromatic N) is 1. The van der Waals surface area contributed by atoms with E-state index in [0.29, 0.717) is 26.2 Å². The highest BCUT2D eigenvalue weighted by Crippen LogP contribution is 2.18. The molecule has 0 aromatic heterocycles. The van der Waals surface area contributed by atoms with Gasteiger partial charge in [-0.2, -0.15) is 0 Å². The first-order valence-electron chi connectivity index (χ1n) is 5.32. The van der Waals surface area contributed by atoms with E-state index >= 15 is 0 Å². The van der Waals surface area contributed by atoms with Gasteiger partial charge in [0.15, 0.2) is 6.29 Å². The lowest BCUT2D eigenvalue weighted by molar-refractivity contribution is -0.155. The average molecular weight is 280 g/mol. The Labute approximate surface area is 99.0 Å². The summed E-state index contributed by atoms with van der Waals surface area (Å²) in [4.78, 5) is 13.6. The second-order valence-corrected chi connectivity index (χ2v) is 4.74. The quantitative estimate of drug-likeness (QED) is 0.545. The van der Waals surface area contributed by atoms with Crippen molar-refractivity contribution < 1.29 is 14.3 Å². The smallest absolute Gasteiger partial charge is 0.223 e. The van der Waals surface area contributed by atoms with Crippen LogP contribution in [0.1, 0.15) is 20.3 Å². The maximum atomic E-state index is 11.5. The molecule has 1 fully saturated rings. The summed E-state index contributed by atoms with van der Waals surface area (Å²) in [6.45, 7) is 6.32. The zero-order valence-electron chi connectivity index (χ0n) is 9.24. The third-order valence-corrected chi connectivity index (χ3v) is 2.86. The first kappa shape index (κ1) is 12.9. The van der Waals surface area contributed by atoms with E-state index in [0.717, 1.165) is 6.54 Å². The van der Waals surface area contributed by atoms with Crippen LogP contribution < -0.4 is 0 Å². The van der Waals surface area contributed by atoms with Gasteiger partial charge in [-0.1, -0.05) is 15.9 Å². The van der Waals surface area contributed by atoms with Gasteiger partial charge in [0.05, 0.1) is 6.54 Å². The molecule has 0 N–H and O–H groups in total. The van der Waals surface area contributed by atoms with Crippen LogP contribution in [-0.2, 0) is 14.3 Å². The summed E-state index contributed by atoms with van der Waals surface area (Å²) in [5.74, 6) is 0.168. The van der Waals surface area contributed by atoms with E-state index in [1.807, 2.05) is 13.8 Å². The summed E-state index contributed by atoms with van der Waals surface area (Å²) < 4.78 is 10.8. The molecule has 15 heavy (non-hydrogen) atoms. The van der Waals surface area contributed by atoms with Crippen LogP contribution in [-0.4, -0.2) is 48.2 Å². The Morgan fingerprint density at radius 1 is 1.47 bits per heavy atom. The molecule has 0 radical (unpaired) electrons. The summed E-state index contributed by atoms with van der Waals surface area (Å²) in [6.07, 6.45) is 0.284. The molecular formula is C10H18BrNO3. The lowest BCUT2D eigenvalue weighted by atomic mass is 10.4. The van der Waals surface area contributed by atoms with Gasteiger partial charge in [0.2, 0.25) is 5.91 Å². The molecule has 1 saturated heterocycles. The molecule has 5 heteroatoms. The van der Waals surface area contributed by atoms with E-state index in [2.05, 4.69) is 15.9 Å². The van der Waals surface area contributed by atoms with Crippen molar-refractivity contribution in [2.75, 3.05) is 26.3 Å². The Morgan fingerprint density at radius 2 is 2.07 bits per heavy atom.